The highest BCUT2D eigenvalue weighted by Gasteiger charge is 2.23. The Labute approximate surface area is 137 Å². The van der Waals surface area contributed by atoms with Crippen molar-refractivity contribution in [1.29, 1.82) is 0 Å². The Hall–Kier alpha value is -1.42. The van der Waals surface area contributed by atoms with E-state index in [0.29, 0.717) is 6.54 Å². The molecular weight excluding hydrogens is 333 g/mol. The van der Waals surface area contributed by atoms with E-state index in [1.807, 2.05) is 30.3 Å². The van der Waals surface area contributed by atoms with Gasteiger partial charge in [0.2, 0.25) is 0 Å². The summed E-state index contributed by atoms with van der Waals surface area (Å²) >= 11 is 17.8. The maximum atomic E-state index is 12.5. The molecule has 0 fully saturated rings. The van der Waals surface area contributed by atoms with Gasteiger partial charge < -0.3 is 10.0 Å². The fourth-order valence-corrected chi connectivity index (χ4v) is 2.59. The summed E-state index contributed by atoms with van der Waals surface area (Å²) in [6.07, 6.45) is 0. The number of hydrogen-bond donors (Lipinski definition) is 1. The second kappa shape index (κ2) is 6.56. The van der Waals surface area contributed by atoms with Crippen molar-refractivity contribution in [3.8, 4) is 5.75 Å². The molecule has 21 heavy (non-hydrogen) atoms. The number of phenols is 1. The maximum Gasteiger partial charge on any atom is 0.259 e. The van der Waals surface area contributed by atoms with Gasteiger partial charge >= 0.3 is 0 Å². The van der Waals surface area contributed by atoms with Gasteiger partial charge in [0.05, 0.1) is 15.1 Å². The summed E-state index contributed by atoms with van der Waals surface area (Å²) in [5, 5.41) is 10.1. The lowest BCUT2D eigenvalue weighted by molar-refractivity contribution is 0.0782. The minimum absolute atomic E-state index is 0.0107. The highest BCUT2D eigenvalue weighted by atomic mass is 35.5. The number of halogens is 3. The van der Waals surface area contributed by atoms with E-state index in [2.05, 4.69) is 0 Å². The molecule has 0 spiro atoms. The van der Waals surface area contributed by atoms with E-state index in [0.717, 1.165) is 5.56 Å². The number of carbonyl (C=O) groups excluding carboxylic acids is 1. The van der Waals surface area contributed by atoms with Gasteiger partial charge in [-0.05, 0) is 11.6 Å². The van der Waals surface area contributed by atoms with Gasteiger partial charge in [0.25, 0.3) is 5.91 Å². The van der Waals surface area contributed by atoms with Crippen LogP contribution in [0.4, 0.5) is 0 Å². The van der Waals surface area contributed by atoms with Crippen LogP contribution in [-0.4, -0.2) is 23.0 Å². The second-order valence-corrected chi connectivity index (χ2v) is 5.72. The molecule has 0 aliphatic rings. The average Bonchev–Trinajstić information content (AvgIpc) is 2.46. The average molecular weight is 345 g/mol. The molecule has 1 N–H and O–H groups in total. The Bertz CT molecular complexity index is 648. The molecule has 6 heteroatoms. The van der Waals surface area contributed by atoms with Gasteiger partial charge in [0.1, 0.15) is 11.3 Å². The molecule has 0 aliphatic carbocycles. The number of carbonyl (C=O) groups is 1. The van der Waals surface area contributed by atoms with Crippen molar-refractivity contribution >= 4 is 40.7 Å². The molecule has 0 aromatic heterocycles. The van der Waals surface area contributed by atoms with Crippen LogP contribution in [0.5, 0.6) is 5.75 Å². The second-order valence-electron chi connectivity index (χ2n) is 4.52. The van der Waals surface area contributed by atoms with Crippen LogP contribution in [0.2, 0.25) is 15.1 Å². The lowest BCUT2D eigenvalue weighted by Gasteiger charge is -2.19. The number of benzene rings is 2. The predicted octanol–water partition coefficient (Wildman–Crippen LogP) is 4.62. The quantitative estimate of drug-likeness (QED) is 0.825. The molecule has 0 unspecified atom stereocenters. The minimum Gasteiger partial charge on any atom is -0.505 e. The Balaban J connectivity index is 2.32. The SMILES string of the molecule is CN(Cc1ccccc1)C(=O)c1c(O)c(Cl)cc(Cl)c1Cl. The predicted molar refractivity (Wildman–Crippen MR) is 85.4 cm³/mol. The van der Waals surface area contributed by atoms with Gasteiger partial charge in [-0.1, -0.05) is 65.1 Å². The van der Waals surface area contributed by atoms with Gasteiger partial charge in [-0.2, -0.15) is 0 Å². The Kier molecular flexibility index (Phi) is 4.99. The summed E-state index contributed by atoms with van der Waals surface area (Å²) in [5.74, 6) is -0.818. The molecule has 2 aromatic carbocycles. The number of amides is 1. The molecule has 0 heterocycles. The lowest BCUT2D eigenvalue weighted by Crippen LogP contribution is -2.26. The molecular formula is C15H12Cl3NO2. The number of phenolic OH excluding ortho intramolecular Hbond substituents is 1. The van der Waals surface area contributed by atoms with Crippen LogP contribution >= 0.6 is 34.8 Å². The molecule has 0 aliphatic heterocycles. The molecule has 3 nitrogen and oxygen atoms in total. The van der Waals surface area contributed by atoms with Gasteiger partial charge in [-0.3, -0.25) is 4.79 Å². The van der Waals surface area contributed by atoms with Crippen LogP contribution in [0, 0.1) is 0 Å². The number of aromatic hydroxyl groups is 1. The standard InChI is InChI=1S/C15H12Cl3NO2/c1-19(8-9-5-3-2-4-6-9)15(21)12-13(18)10(16)7-11(17)14(12)20/h2-7,20H,8H2,1H3. The molecule has 0 radical (unpaired) electrons. The molecule has 0 saturated carbocycles. The Morgan fingerprint density at radius 1 is 1.14 bits per heavy atom. The van der Waals surface area contributed by atoms with Gasteiger partial charge in [0.15, 0.2) is 0 Å². The van der Waals surface area contributed by atoms with Crippen molar-refractivity contribution in [3.63, 3.8) is 0 Å². The Morgan fingerprint density at radius 2 is 1.76 bits per heavy atom. The summed E-state index contributed by atoms with van der Waals surface area (Å²) < 4.78 is 0. The van der Waals surface area contributed by atoms with E-state index in [1.165, 1.54) is 11.0 Å². The molecule has 0 atom stereocenters. The van der Waals surface area contributed by atoms with E-state index in [-0.39, 0.29) is 26.4 Å². The van der Waals surface area contributed by atoms with Gasteiger partial charge in [-0.25, -0.2) is 0 Å². The smallest absolute Gasteiger partial charge is 0.259 e. The normalized spacial score (nSPS) is 10.5. The lowest BCUT2D eigenvalue weighted by atomic mass is 10.1. The topological polar surface area (TPSA) is 40.5 Å². The summed E-state index contributed by atoms with van der Waals surface area (Å²) in [6.45, 7) is 0.375. The highest BCUT2D eigenvalue weighted by molar-refractivity contribution is 6.45. The molecule has 2 rings (SSSR count). The van der Waals surface area contributed by atoms with Crippen molar-refractivity contribution in [1.82, 2.24) is 4.90 Å². The maximum absolute atomic E-state index is 12.5. The van der Waals surface area contributed by atoms with Crippen molar-refractivity contribution < 1.29 is 9.90 Å². The van der Waals surface area contributed by atoms with Gasteiger partial charge in [-0.15, -0.1) is 0 Å². The van der Waals surface area contributed by atoms with Crippen LogP contribution in [0.3, 0.4) is 0 Å². The third-order valence-corrected chi connectivity index (χ3v) is 4.04. The zero-order valence-corrected chi connectivity index (χ0v) is 13.4. The number of nitrogens with zero attached hydrogens (tertiary/aromatic N) is 1. The number of hydrogen-bond acceptors (Lipinski definition) is 2. The van der Waals surface area contributed by atoms with E-state index in [4.69, 9.17) is 34.8 Å². The minimum atomic E-state index is -0.453. The van der Waals surface area contributed by atoms with E-state index >= 15 is 0 Å². The monoisotopic (exact) mass is 343 g/mol. The molecule has 1 amide bonds. The van der Waals surface area contributed by atoms with Crippen molar-refractivity contribution in [2.75, 3.05) is 7.05 Å². The summed E-state index contributed by atoms with van der Waals surface area (Å²) in [7, 11) is 1.61. The third-order valence-electron chi connectivity index (χ3n) is 2.97. The van der Waals surface area contributed by atoms with E-state index in [9.17, 15) is 9.90 Å². The zero-order chi connectivity index (χ0) is 15.6. The van der Waals surface area contributed by atoms with Crippen LogP contribution in [-0.2, 0) is 6.54 Å². The largest absolute Gasteiger partial charge is 0.505 e. The molecule has 0 bridgehead atoms. The van der Waals surface area contributed by atoms with Crippen molar-refractivity contribution in [3.05, 3.63) is 62.6 Å². The fraction of sp³-hybridized carbons (Fsp3) is 0.133. The van der Waals surface area contributed by atoms with E-state index in [1.54, 1.807) is 7.05 Å². The third kappa shape index (κ3) is 3.43. The Morgan fingerprint density at radius 3 is 2.38 bits per heavy atom. The first-order valence-electron chi connectivity index (χ1n) is 6.07. The van der Waals surface area contributed by atoms with E-state index < -0.39 is 5.91 Å². The first-order valence-corrected chi connectivity index (χ1v) is 7.21. The fourth-order valence-electron chi connectivity index (χ4n) is 1.90. The highest BCUT2D eigenvalue weighted by Crippen LogP contribution is 2.39. The van der Waals surface area contributed by atoms with Crippen LogP contribution in [0.15, 0.2) is 36.4 Å². The van der Waals surface area contributed by atoms with Crippen molar-refractivity contribution in [2.45, 2.75) is 6.54 Å². The summed E-state index contributed by atoms with van der Waals surface area (Å²) in [4.78, 5) is 13.9. The molecule has 0 saturated heterocycles. The van der Waals surface area contributed by atoms with Crippen molar-refractivity contribution in [2.24, 2.45) is 0 Å². The molecule has 110 valence electrons. The summed E-state index contributed by atoms with van der Waals surface area (Å²) in [5.41, 5.74) is 0.865. The van der Waals surface area contributed by atoms with Crippen LogP contribution in [0.25, 0.3) is 0 Å². The number of rotatable bonds is 3. The zero-order valence-electron chi connectivity index (χ0n) is 11.1. The first kappa shape index (κ1) is 16.0. The molecule has 2 aromatic rings. The van der Waals surface area contributed by atoms with Crippen LogP contribution in [0.1, 0.15) is 15.9 Å². The van der Waals surface area contributed by atoms with Crippen LogP contribution < -0.4 is 0 Å². The first-order chi connectivity index (χ1) is 9.91. The summed E-state index contributed by atoms with van der Waals surface area (Å²) in [6, 6.07) is 10.8. The van der Waals surface area contributed by atoms with Gasteiger partial charge in [0, 0.05) is 13.6 Å².